The van der Waals surface area contributed by atoms with E-state index in [9.17, 15) is 0 Å². The molecule has 1 aliphatic rings. The fourth-order valence-electron chi connectivity index (χ4n) is 3.36. The van der Waals surface area contributed by atoms with Gasteiger partial charge in [-0.3, -0.25) is 0 Å². The molecule has 0 aliphatic heterocycles. The van der Waals surface area contributed by atoms with Crippen LogP contribution in [0, 0.1) is 0 Å². The Bertz CT molecular complexity index is 976. The zero-order valence-corrected chi connectivity index (χ0v) is 10.9. The van der Waals surface area contributed by atoms with Gasteiger partial charge in [-0.05, 0) is 46.9 Å². The van der Waals surface area contributed by atoms with E-state index in [1.807, 2.05) is 12.1 Å². The SMILES string of the molecule is c1ccc2c(c1)Cc1cc3c(cc1-2)oc1ccccc13. The van der Waals surface area contributed by atoms with Gasteiger partial charge in [0.2, 0.25) is 0 Å². The average Bonchev–Trinajstić information content (AvgIpc) is 3.02. The molecule has 0 bridgehead atoms. The number of furan rings is 1. The summed E-state index contributed by atoms with van der Waals surface area (Å²) in [5.41, 5.74) is 7.46. The van der Waals surface area contributed by atoms with Crippen molar-refractivity contribution in [3.05, 3.63) is 71.8 Å². The maximum Gasteiger partial charge on any atom is 0.136 e. The summed E-state index contributed by atoms with van der Waals surface area (Å²) in [5.74, 6) is 0. The lowest BCUT2D eigenvalue weighted by Gasteiger charge is -2.00. The van der Waals surface area contributed by atoms with Gasteiger partial charge in [-0.1, -0.05) is 42.5 Å². The highest BCUT2D eigenvalue weighted by atomic mass is 16.3. The van der Waals surface area contributed by atoms with Crippen LogP contribution in [-0.2, 0) is 6.42 Å². The van der Waals surface area contributed by atoms with Crippen molar-refractivity contribution in [1.82, 2.24) is 0 Å². The van der Waals surface area contributed by atoms with Crippen LogP contribution in [0.15, 0.2) is 65.1 Å². The van der Waals surface area contributed by atoms with Gasteiger partial charge in [-0.25, -0.2) is 0 Å². The van der Waals surface area contributed by atoms with E-state index in [1.165, 1.54) is 33.0 Å². The van der Waals surface area contributed by atoms with Gasteiger partial charge in [0.15, 0.2) is 0 Å². The van der Waals surface area contributed by atoms with Gasteiger partial charge in [-0.2, -0.15) is 0 Å². The molecule has 1 nitrogen and oxygen atoms in total. The predicted octanol–water partition coefficient (Wildman–Crippen LogP) is 5.16. The summed E-state index contributed by atoms with van der Waals surface area (Å²) in [6.07, 6.45) is 1.03. The summed E-state index contributed by atoms with van der Waals surface area (Å²) in [4.78, 5) is 0. The molecular formula is C19H12O. The fourth-order valence-corrected chi connectivity index (χ4v) is 3.36. The van der Waals surface area contributed by atoms with Crippen molar-refractivity contribution in [2.45, 2.75) is 6.42 Å². The monoisotopic (exact) mass is 256 g/mol. The Labute approximate surface area is 116 Å². The molecule has 20 heavy (non-hydrogen) atoms. The molecule has 0 fully saturated rings. The molecule has 0 spiro atoms. The van der Waals surface area contributed by atoms with Gasteiger partial charge >= 0.3 is 0 Å². The van der Waals surface area contributed by atoms with E-state index in [4.69, 9.17) is 4.42 Å². The smallest absolute Gasteiger partial charge is 0.136 e. The topological polar surface area (TPSA) is 13.1 Å². The van der Waals surface area contributed by atoms with Gasteiger partial charge in [-0.15, -0.1) is 0 Å². The van der Waals surface area contributed by atoms with E-state index in [-0.39, 0.29) is 0 Å². The lowest BCUT2D eigenvalue weighted by atomic mass is 10.0. The fraction of sp³-hybridized carbons (Fsp3) is 0.0526. The predicted molar refractivity (Wildman–Crippen MR) is 82.0 cm³/mol. The van der Waals surface area contributed by atoms with E-state index >= 15 is 0 Å². The molecule has 1 heteroatoms. The van der Waals surface area contributed by atoms with E-state index in [2.05, 4.69) is 48.5 Å². The highest BCUT2D eigenvalue weighted by molar-refractivity contribution is 6.07. The second-order valence-corrected chi connectivity index (χ2v) is 5.44. The Hall–Kier alpha value is -2.54. The molecule has 0 N–H and O–H groups in total. The number of para-hydroxylation sites is 1. The number of rotatable bonds is 0. The highest BCUT2D eigenvalue weighted by Gasteiger charge is 2.20. The molecule has 4 aromatic rings. The number of hydrogen-bond acceptors (Lipinski definition) is 1. The third-order valence-electron chi connectivity index (χ3n) is 4.29. The van der Waals surface area contributed by atoms with Crippen LogP contribution >= 0.6 is 0 Å². The lowest BCUT2D eigenvalue weighted by molar-refractivity contribution is 0.669. The van der Waals surface area contributed by atoms with Gasteiger partial charge in [0.25, 0.3) is 0 Å². The van der Waals surface area contributed by atoms with Crippen LogP contribution in [0.5, 0.6) is 0 Å². The molecule has 0 saturated heterocycles. The van der Waals surface area contributed by atoms with E-state index in [0.717, 1.165) is 17.6 Å². The summed E-state index contributed by atoms with van der Waals surface area (Å²) in [7, 11) is 0. The summed E-state index contributed by atoms with van der Waals surface area (Å²) < 4.78 is 5.99. The lowest BCUT2D eigenvalue weighted by Crippen LogP contribution is -1.79. The Kier molecular flexibility index (Phi) is 1.80. The Morgan fingerprint density at radius 1 is 0.650 bits per heavy atom. The second kappa shape index (κ2) is 3.51. The number of fused-ring (bicyclic) bond motifs is 6. The van der Waals surface area contributed by atoms with Crippen molar-refractivity contribution >= 4 is 21.9 Å². The average molecular weight is 256 g/mol. The number of benzene rings is 3. The van der Waals surface area contributed by atoms with Crippen molar-refractivity contribution in [2.75, 3.05) is 0 Å². The van der Waals surface area contributed by atoms with Crippen LogP contribution in [0.25, 0.3) is 33.1 Å². The zero-order valence-electron chi connectivity index (χ0n) is 10.9. The molecule has 0 atom stereocenters. The van der Waals surface area contributed by atoms with Crippen molar-refractivity contribution in [1.29, 1.82) is 0 Å². The van der Waals surface area contributed by atoms with Crippen LogP contribution in [-0.4, -0.2) is 0 Å². The molecule has 94 valence electrons. The molecule has 1 aromatic heterocycles. The van der Waals surface area contributed by atoms with E-state index in [0.29, 0.717) is 0 Å². The third-order valence-corrected chi connectivity index (χ3v) is 4.29. The van der Waals surface area contributed by atoms with Crippen LogP contribution in [0.1, 0.15) is 11.1 Å². The van der Waals surface area contributed by atoms with E-state index in [1.54, 1.807) is 0 Å². The molecule has 0 radical (unpaired) electrons. The minimum absolute atomic E-state index is 0.972. The maximum absolute atomic E-state index is 5.99. The quantitative estimate of drug-likeness (QED) is 0.373. The Morgan fingerprint density at radius 3 is 2.50 bits per heavy atom. The molecule has 1 aliphatic carbocycles. The number of hydrogen-bond donors (Lipinski definition) is 0. The first-order valence-electron chi connectivity index (χ1n) is 6.92. The Balaban J connectivity index is 1.90. The Morgan fingerprint density at radius 2 is 1.50 bits per heavy atom. The molecule has 0 amide bonds. The van der Waals surface area contributed by atoms with Gasteiger partial charge in [0.05, 0.1) is 0 Å². The van der Waals surface area contributed by atoms with Gasteiger partial charge in [0, 0.05) is 10.8 Å². The first-order chi connectivity index (χ1) is 9.90. The first kappa shape index (κ1) is 10.3. The van der Waals surface area contributed by atoms with Crippen LogP contribution in [0.3, 0.4) is 0 Å². The van der Waals surface area contributed by atoms with Gasteiger partial charge < -0.3 is 4.42 Å². The molecule has 0 saturated carbocycles. The third kappa shape index (κ3) is 1.22. The maximum atomic E-state index is 5.99. The first-order valence-corrected chi connectivity index (χ1v) is 6.92. The highest BCUT2D eigenvalue weighted by Crippen LogP contribution is 2.41. The summed E-state index contributed by atoms with van der Waals surface area (Å²) in [5, 5.41) is 2.44. The van der Waals surface area contributed by atoms with Crippen LogP contribution < -0.4 is 0 Å². The van der Waals surface area contributed by atoms with Crippen LogP contribution in [0.4, 0.5) is 0 Å². The summed E-state index contributed by atoms with van der Waals surface area (Å²) in [6, 6.07) is 21.4. The largest absolute Gasteiger partial charge is 0.456 e. The summed E-state index contributed by atoms with van der Waals surface area (Å²) in [6.45, 7) is 0. The standard InChI is InChI=1S/C19H12O/c1-2-6-14-12(5-1)9-13-10-17-15-7-3-4-8-18(15)20-19(17)11-16(13)14/h1-8,10-11H,9H2. The molecule has 1 heterocycles. The van der Waals surface area contributed by atoms with E-state index < -0.39 is 0 Å². The van der Waals surface area contributed by atoms with Gasteiger partial charge in [0.1, 0.15) is 11.2 Å². The van der Waals surface area contributed by atoms with Crippen molar-refractivity contribution in [2.24, 2.45) is 0 Å². The van der Waals surface area contributed by atoms with Crippen molar-refractivity contribution in [3.8, 4) is 11.1 Å². The molecular weight excluding hydrogens is 244 g/mol. The van der Waals surface area contributed by atoms with Crippen molar-refractivity contribution in [3.63, 3.8) is 0 Å². The molecule has 3 aromatic carbocycles. The summed E-state index contributed by atoms with van der Waals surface area (Å²) >= 11 is 0. The molecule has 0 unspecified atom stereocenters. The van der Waals surface area contributed by atoms with Crippen molar-refractivity contribution < 1.29 is 4.42 Å². The zero-order chi connectivity index (χ0) is 13.1. The molecule has 5 rings (SSSR count). The normalized spacial score (nSPS) is 12.8. The minimum atomic E-state index is 0.972. The second-order valence-electron chi connectivity index (χ2n) is 5.44. The minimum Gasteiger partial charge on any atom is -0.456 e. The van der Waals surface area contributed by atoms with Crippen LogP contribution in [0.2, 0.25) is 0 Å².